The van der Waals surface area contributed by atoms with Gasteiger partial charge in [0.15, 0.2) is 0 Å². The highest BCUT2D eigenvalue weighted by atomic mass is 16.1. The number of aryl methyl sites for hydroxylation is 1. The van der Waals surface area contributed by atoms with Crippen LogP contribution >= 0.6 is 0 Å². The lowest BCUT2D eigenvalue weighted by Gasteiger charge is -2.26. The molecule has 0 spiro atoms. The first-order chi connectivity index (χ1) is 7.45. The molecule has 0 aliphatic heterocycles. The van der Waals surface area contributed by atoms with E-state index in [-0.39, 0.29) is 5.92 Å². The zero-order valence-corrected chi connectivity index (χ0v) is 9.73. The van der Waals surface area contributed by atoms with Crippen LogP contribution in [0.2, 0.25) is 0 Å². The highest BCUT2D eigenvalue weighted by Crippen LogP contribution is 2.39. The number of aromatic nitrogens is 2. The van der Waals surface area contributed by atoms with Gasteiger partial charge in [-0.25, -0.2) is 4.98 Å². The standard InChI is InChI=1S/C11H18N4O/c1-7-8(2)15(6-14-7)5-11(13,10(12)16)9-3-4-9/h6,9H,3-5,13H2,1-2H3,(H2,12,16). The lowest BCUT2D eigenvalue weighted by atomic mass is 9.93. The number of amides is 1. The van der Waals surface area contributed by atoms with E-state index >= 15 is 0 Å². The van der Waals surface area contributed by atoms with Crippen LogP contribution in [-0.4, -0.2) is 21.0 Å². The molecule has 1 atom stereocenters. The van der Waals surface area contributed by atoms with Crippen LogP contribution in [0.1, 0.15) is 24.2 Å². The van der Waals surface area contributed by atoms with Crippen LogP contribution in [0, 0.1) is 19.8 Å². The van der Waals surface area contributed by atoms with Crippen LogP contribution < -0.4 is 11.5 Å². The highest BCUT2D eigenvalue weighted by Gasteiger charge is 2.47. The smallest absolute Gasteiger partial charge is 0.239 e. The number of nitrogens with two attached hydrogens (primary N) is 2. The molecule has 1 heterocycles. The van der Waals surface area contributed by atoms with Crippen molar-refractivity contribution in [3.63, 3.8) is 0 Å². The molecule has 16 heavy (non-hydrogen) atoms. The Morgan fingerprint density at radius 2 is 2.25 bits per heavy atom. The van der Waals surface area contributed by atoms with E-state index < -0.39 is 11.4 Å². The van der Waals surface area contributed by atoms with Crippen molar-refractivity contribution < 1.29 is 4.79 Å². The summed E-state index contributed by atoms with van der Waals surface area (Å²) in [4.78, 5) is 15.7. The molecule has 5 nitrogen and oxygen atoms in total. The summed E-state index contributed by atoms with van der Waals surface area (Å²) in [6.07, 6.45) is 3.70. The Balaban J connectivity index is 2.24. The third-order valence-electron chi connectivity index (χ3n) is 3.54. The van der Waals surface area contributed by atoms with Crippen molar-refractivity contribution in [2.45, 2.75) is 38.8 Å². The van der Waals surface area contributed by atoms with E-state index in [4.69, 9.17) is 11.5 Å². The van der Waals surface area contributed by atoms with Gasteiger partial charge in [-0.15, -0.1) is 0 Å². The molecule has 0 bridgehead atoms. The van der Waals surface area contributed by atoms with Crippen LogP contribution in [0.15, 0.2) is 6.33 Å². The van der Waals surface area contributed by atoms with Crippen LogP contribution in [-0.2, 0) is 11.3 Å². The van der Waals surface area contributed by atoms with Gasteiger partial charge in [0.25, 0.3) is 0 Å². The number of hydrogen-bond acceptors (Lipinski definition) is 3. The summed E-state index contributed by atoms with van der Waals surface area (Å²) in [7, 11) is 0. The Kier molecular flexibility index (Phi) is 2.50. The molecule has 1 aliphatic carbocycles. The van der Waals surface area contributed by atoms with E-state index in [1.54, 1.807) is 6.33 Å². The summed E-state index contributed by atoms with van der Waals surface area (Å²) >= 11 is 0. The SMILES string of the molecule is Cc1ncn(CC(N)(C(N)=O)C2CC2)c1C. The third-order valence-corrected chi connectivity index (χ3v) is 3.54. The number of carbonyl (C=O) groups is 1. The summed E-state index contributed by atoms with van der Waals surface area (Å²) in [6, 6.07) is 0. The van der Waals surface area contributed by atoms with Gasteiger partial charge >= 0.3 is 0 Å². The fourth-order valence-corrected chi connectivity index (χ4v) is 1.99. The highest BCUT2D eigenvalue weighted by molar-refractivity contribution is 5.85. The maximum Gasteiger partial charge on any atom is 0.239 e. The molecule has 1 fully saturated rings. The minimum absolute atomic E-state index is 0.229. The van der Waals surface area contributed by atoms with Gasteiger partial charge < -0.3 is 16.0 Å². The predicted molar refractivity (Wildman–Crippen MR) is 60.5 cm³/mol. The first-order valence-electron chi connectivity index (χ1n) is 5.52. The molecule has 2 rings (SSSR count). The van der Waals surface area contributed by atoms with Gasteiger partial charge in [0, 0.05) is 5.69 Å². The van der Waals surface area contributed by atoms with Gasteiger partial charge in [0.05, 0.1) is 18.6 Å². The van der Waals surface area contributed by atoms with Crippen LogP contribution in [0.4, 0.5) is 0 Å². The maximum atomic E-state index is 11.5. The number of hydrogen-bond donors (Lipinski definition) is 2. The van der Waals surface area contributed by atoms with E-state index in [0.717, 1.165) is 24.2 Å². The van der Waals surface area contributed by atoms with Gasteiger partial charge in [-0.2, -0.15) is 0 Å². The molecular weight excluding hydrogens is 204 g/mol. The third kappa shape index (κ3) is 1.71. The number of carbonyl (C=O) groups excluding carboxylic acids is 1. The lowest BCUT2D eigenvalue weighted by Crippen LogP contribution is -2.56. The Hall–Kier alpha value is -1.36. The Morgan fingerprint density at radius 3 is 2.62 bits per heavy atom. The minimum atomic E-state index is -0.919. The molecule has 4 N–H and O–H groups in total. The quantitative estimate of drug-likeness (QED) is 0.757. The number of imidazole rings is 1. The van der Waals surface area contributed by atoms with Gasteiger partial charge in [-0.05, 0) is 32.6 Å². The van der Waals surface area contributed by atoms with Crippen molar-refractivity contribution in [1.82, 2.24) is 9.55 Å². The Morgan fingerprint density at radius 1 is 1.62 bits per heavy atom. The average molecular weight is 222 g/mol. The predicted octanol–water partition coefficient (Wildman–Crippen LogP) is 0.0927. The van der Waals surface area contributed by atoms with Crippen molar-refractivity contribution in [2.75, 3.05) is 0 Å². The largest absolute Gasteiger partial charge is 0.368 e. The van der Waals surface area contributed by atoms with Crippen molar-refractivity contribution in [1.29, 1.82) is 0 Å². The van der Waals surface area contributed by atoms with Crippen LogP contribution in [0.3, 0.4) is 0 Å². The monoisotopic (exact) mass is 222 g/mol. The molecule has 5 heteroatoms. The van der Waals surface area contributed by atoms with Gasteiger partial charge in [-0.3, -0.25) is 4.79 Å². The molecule has 0 saturated heterocycles. The summed E-state index contributed by atoms with van der Waals surface area (Å²) in [5.41, 5.74) is 12.6. The zero-order valence-electron chi connectivity index (χ0n) is 9.73. The Bertz CT molecular complexity index is 422. The molecule has 1 aromatic heterocycles. The number of rotatable bonds is 4. The fourth-order valence-electron chi connectivity index (χ4n) is 1.99. The zero-order chi connectivity index (χ0) is 11.9. The number of nitrogens with zero attached hydrogens (tertiary/aromatic N) is 2. The minimum Gasteiger partial charge on any atom is -0.368 e. The molecule has 0 aromatic carbocycles. The van der Waals surface area contributed by atoms with Gasteiger partial charge in [0.1, 0.15) is 5.54 Å². The first kappa shape index (κ1) is 11.1. The normalized spacial score (nSPS) is 19.4. The van der Waals surface area contributed by atoms with E-state index in [2.05, 4.69) is 4.98 Å². The molecule has 1 unspecified atom stereocenters. The van der Waals surface area contributed by atoms with Crippen molar-refractivity contribution >= 4 is 5.91 Å². The number of primary amides is 1. The van der Waals surface area contributed by atoms with Crippen molar-refractivity contribution in [3.8, 4) is 0 Å². The Labute approximate surface area is 94.8 Å². The summed E-state index contributed by atoms with van der Waals surface area (Å²) in [6.45, 7) is 4.34. The average Bonchev–Trinajstić information content (AvgIpc) is 3.02. The summed E-state index contributed by atoms with van der Waals surface area (Å²) in [5, 5.41) is 0. The second-order valence-electron chi connectivity index (χ2n) is 4.72. The topological polar surface area (TPSA) is 86.9 Å². The summed E-state index contributed by atoms with van der Waals surface area (Å²) in [5.74, 6) is -0.187. The molecule has 88 valence electrons. The van der Waals surface area contributed by atoms with E-state index in [1.165, 1.54) is 0 Å². The van der Waals surface area contributed by atoms with E-state index in [9.17, 15) is 4.79 Å². The van der Waals surface area contributed by atoms with Gasteiger partial charge in [-0.1, -0.05) is 0 Å². The fraction of sp³-hybridized carbons (Fsp3) is 0.636. The molecule has 1 saturated carbocycles. The van der Waals surface area contributed by atoms with Crippen molar-refractivity contribution in [3.05, 3.63) is 17.7 Å². The van der Waals surface area contributed by atoms with Crippen LogP contribution in [0.25, 0.3) is 0 Å². The van der Waals surface area contributed by atoms with E-state index in [0.29, 0.717) is 6.54 Å². The van der Waals surface area contributed by atoms with Gasteiger partial charge in [0.2, 0.25) is 5.91 Å². The second-order valence-corrected chi connectivity index (χ2v) is 4.72. The summed E-state index contributed by atoms with van der Waals surface area (Å²) < 4.78 is 1.92. The molecular formula is C11H18N4O. The molecule has 0 radical (unpaired) electrons. The van der Waals surface area contributed by atoms with Crippen LogP contribution in [0.5, 0.6) is 0 Å². The molecule has 1 amide bonds. The second kappa shape index (κ2) is 3.59. The first-order valence-corrected chi connectivity index (χ1v) is 5.52. The van der Waals surface area contributed by atoms with Crippen molar-refractivity contribution in [2.24, 2.45) is 17.4 Å². The molecule has 1 aromatic rings. The van der Waals surface area contributed by atoms with E-state index in [1.807, 2.05) is 18.4 Å². The lowest BCUT2D eigenvalue weighted by molar-refractivity contribution is -0.124. The maximum absolute atomic E-state index is 11.5. The molecule has 1 aliphatic rings.